The van der Waals surface area contributed by atoms with Crippen molar-refractivity contribution < 1.29 is 25.0 Å². The maximum atomic E-state index is 8.88. The molecule has 0 aromatic heterocycles. The van der Waals surface area contributed by atoms with Crippen molar-refractivity contribution >= 4 is 46.2 Å². The molecule has 259 valence electrons. The number of halogens is 2. The van der Waals surface area contributed by atoms with Gasteiger partial charge in [-0.15, -0.1) is 0 Å². The van der Waals surface area contributed by atoms with Crippen molar-refractivity contribution in [3.8, 4) is 33.8 Å². The molecule has 0 spiro atoms. The van der Waals surface area contributed by atoms with Crippen molar-refractivity contribution in [2.45, 2.75) is 20.3 Å². The van der Waals surface area contributed by atoms with Crippen LogP contribution in [0.3, 0.4) is 0 Å². The summed E-state index contributed by atoms with van der Waals surface area (Å²) in [5.41, 5.74) is 14.4. The molecule has 0 aliphatic heterocycles. The molecule has 52 heavy (non-hydrogen) atoms. The molecule has 0 saturated heterocycles. The van der Waals surface area contributed by atoms with E-state index in [0.717, 1.165) is 22.6 Å². The van der Waals surface area contributed by atoms with Gasteiger partial charge in [0.1, 0.15) is 0 Å². The maximum absolute atomic E-state index is 8.88. The standard InChI is InChI=1S/2C22H17O.C2H7Si.2ClH.Zr/c2*1-23-20-12-10-17(11-13-20)21-9-5-8-18-14-19(15-22(18)21)16-6-3-2-4-7-16;1-3-2;;;/h2*2-15H,1H3;3H,1-2H3;2*1H;/q;;;;;+2/p-2. The molecule has 0 amide bonds. The number of rotatable bonds is 9. The first-order valence-electron chi connectivity index (χ1n) is 17.9. The van der Waals surface area contributed by atoms with E-state index >= 15 is 0 Å². The Labute approximate surface area is 316 Å². The second-order valence-electron chi connectivity index (χ2n) is 14.3. The van der Waals surface area contributed by atoms with E-state index in [2.05, 4.69) is 147 Å². The number of allylic oxidation sites excluding steroid dienone is 2. The predicted molar refractivity (Wildman–Crippen MR) is 222 cm³/mol. The Hall–Kier alpha value is -3.92. The van der Waals surface area contributed by atoms with E-state index in [0.29, 0.717) is 0 Å². The van der Waals surface area contributed by atoms with Crippen molar-refractivity contribution in [3.63, 3.8) is 0 Å². The minimum atomic E-state index is -5.19. The van der Waals surface area contributed by atoms with Gasteiger partial charge in [0.25, 0.3) is 0 Å². The van der Waals surface area contributed by atoms with Crippen LogP contribution >= 0.6 is 17.0 Å². The van der Waals surface area contributed by atoms with E-state index in [4.69, 9.17) is 26.5 Å². The molecule has 2 aliphatic rings. The first-order chi connectivity index (χ1) is 25.2. The van der Waals surface area contributed by atoms with Crippen LogP contribution in [0.2, 0.25) is 13.1 Å². The predicted octanol–water partition coefficient (Wildman–Crippen LogP) is 12.9. The normalized spacial score (nSPS) is 17.1. The number of methoxy groups -OCH3 is 2. The second kappa shape index (κ2) is 13.8. The Morgan fingerprint density at radius 3 is 1.19 bits per heavy atom. The Morgan fingerprint density at radius 1 is 0.462 bits per heavy atom. The SMILES string of the molecule is COc1ccc(-c2cccc3c2C=C(c2ccccc2)[CH]3[Zr]([Cl])([Cl])([CH]2C(c3ccccc3)=Cc3c(-c4ccc(OC)cc4)cccc32)[SiH](C)C)cc1. The third-order valence-corrected chi connectivity index (χ3v) is 62.9. The van der Waals surface area contributed by atoms with Crippen LogP contribution in [0.1, 0.15) is 40.6 Å². The van der Waals surface area contributed by atoms with Gasteiger partial charge >= 0.3 is 319 Å². The summed E-state index contributed by atoms with van der Waals surface area (Å²) in [7, 11) is 21.2. The van der Waals surface area contributed by atoms with Crippen LogP contribution in [0.15, 0.2) is 146 Å². The molecule has 0 N–H and O–H groups in total. The van der Waals surface area contributed by atoms with Gasteiger partial charge < -0.3 is 0 Å². The number of hydrogen-bond donors (Lipinski definition) is 0. The van der Waals surface area contributed by atoms with Gasteiger partial charge in [-0.2, -0.15) is 0 Å². The first-order valence-corrected chi connectivity index (χ1v) is 34.2. The summed E-state index contributed by atoms with van der Waals surface area (Å²) in [5.74, 6) is -0.162. The van der Waals surface area contributed by atoms with E-state index < -0.39 is 21.5 Å². The van der Waals surface area contributed by atoms with Crippen LogP contribution in [0.25, 0.3) is 45.6 Å². The van der Waals surface area contributed by atoms with Crippen LogP contribution in [0.5, 0.6) is 11.5 Å². The van der Waals surface area contributed by atoms with Crippen LogP contribution in [-0.4, -0.2) is 20.1 Å². The Bertz CT molecular complexity index is 2170. The van der Waals surface area contributed by atoms with Gasteiger partial charge in [0.15, 0.2) is 0 Å². The third kappa shape index (κ3) is 5.71. The molecule has 0 bridgehead atoms. The zero-order valence-electron chi connectivity index (χ0n) is 29.8. The molecule has 2 unspecified atom stereocenters. The first kappa shape index (κ1) is 35.1. The second-order valence-corrected chi connectivity index (χ2v) is 56.8. The molecule has 0 saturated carbocycles. The van der Waals surface area contributed by atoms with E-state index in [1.54, 1.807) is 14.2 Å². The molecule has 0 heterocycles. The quantitative estimate of drug-likeness (QED) is 0.135. The van der Waals surface area contributed by atoms with Gasteiger partial charge in [-0.25, -0.2) is 0 Å². The summed E-state index contributed by atoms with van der Waals surface area (Å²) in [5, 5.41) is 0. The number of ether oxygens (including phenoxy) is 2. The zero-order valence-corrected chi connectivity index (χ0v) is 34.9. The molecule has 2 aliphatic carbocycles. The van der Waals surface area contributed by atoms with E-state index in [-0.39, 0.29) is 7.25 Å². The summed E-state index contributed by atoms with van der Waals surface area (Å²) < 4.78 is 10.8. The summed E-state index contributed by atoms with van der Waals surface area (Å²) >= 11 is -5.19. The van der Waals surface area contributed by atoms with E-state index in [9.17, 15) is 0 Å². The van der Waals surface area contributed by atoms with Crippen molar-refractivity contribution in [1.82, 2.24) is 0 Å². The molecular weight excluding hydrogens is 775 g/mol. The van der Waals surface area contributed by atoms with Crippen molar-refractivity contribution in [1.29, 1.82) is 0 Å². The molecule has 6 aromatic rings. The molecule has 0 radical (unpaired) electrons. The van der Waals surface area contributed by atoms with Gasteiger partial charge in [0.05, 0.1) is 0 Å². The summed E-state index contributed by atoms with van der Waals surface area (Å²) in [6, 6.07) is 51.7. The third-order valence-electron chi connectivity index (χ3n) is 11.3. The molecule has 2 nitrogen and oxygen atoms in total. The fourth-order valence-corrected chi connectivity index (χ4v) is 38.7. The minimum absolute atomic E-state index is 0.111. The number of benzene rings is 6. The summed E-state index contributed by atoms with van der Waals surface area (Å²) in [4.78, 5) is 0. The van der Waals surface area contributed by atoms with Gasteiger partial charge in [-0.1, -0.05) is 0 Å². The van der Waals surface area contributed by atoms with Crippen LogP contribution in [-0.2, 0) is 15.6 Å². The Balaban J connectivity index is 1.40. The average Bonchev–Trinajstić information content (AvgIpc) is 3.80. The van der Waals surface area contributed by atoms with Gasteiger partial charge in [0, 0.05) is 0 Å². The number of hydrogen-bond acceptors (Lipinski definition) is 2. The van der Waals surface area contributed by atoms with Crippen molar-refractivity contribution in [2.75, 3.05) is 14.2 Å². The topological polar surface area (TPSA) is 18.5 Å². The molecular formula is C46H41Cl2O2SiZr. The Kier molecular flexibility index (Phi) is 9.33. The fourth-order valence-electron chi connectivity index (χ4n) is 8.63. The molecule has 8 rings (SSSR count). The van der Waals surface area contributed by atoms with Gasteiger partial charge in [-0.3, -0.25) is 0 Å². The zero-order chi connectivity index (χ0) is 36.1. The fraction of sp³-hybridized carbons (Fsp3) is 0.130. The Morgan fingerprint density at radius 2 is 0.846 bits per heavy atom. The number of fused-ring (bicyclic) bond motifs is 2. The van der Waals surface area contributed by atoms with Crippen LogP contribution in [0, 0.1) is 0 Å². The van der Waals surface area contributed by atoms with Gasteiger partial charge in [-0.05, 0) is 0 Å². The molecule has 2 atom stereocenters. The molecule has 0 fully saturated rings. The molecule has 6 aromatic carbocycles. The van der Waals surface area contributed by atoms with Crippen LogP contribution in [0.4, 0.5) is 0 Å². The van der Waals surface area contributed by atoms with Crippen molar-refractivity contribution in [2.24, 2.45) is 0 Å². The van der Waals surface area contributed by atoms with Crippen molar-refractivity contribution in [3.05, 3.63) is 179 Å². The summed E-state index contributed by atoms with van der Waals surface area (Å²) in [6.45, 7) is 4.82. The van der Waals surface area contributed by atoms with E-state index in [1.165, 1.54) is 55.7 Å². The molecule has 6 heteroatoms. The van der Waals surface area contributed by atoms with E-state index in [1.807, 2.05) is 24.3 Å². The van der Waals surface area contributed by atoms with Crippen LogP contribution < -0.4 is 9.47 Å². The van der Waals surface area contributed by atoms with Gasteiger partial charge in [0.2, 0.25) is 0 Å². The monoisotopic (exact) mass is 813 g/mol. The average molecular weight is 816 g/mol. The summed E-state index contributed by atoms with van der Waals surface area (Å²) in [6.07, 6.45) is 4.80.